The average molecular weight is 371 g/mol. The zero-order valence-corrected chi connectivity index (χ0v) is 12.7. The molecule has 0 atom stereocenters. The topological polar surface area (TPSA) is 38.7 Å². The van der Waals surface area contributed by atoms with Crippen LogP contribution in [-0.2, 0) is 16.1 Å². The van der Waals surface area contributed by atoms with Gasteiger partial charge in [-0.15, -0.1) is 0 Å². The van der Waals surface area contributed by atoms with Crippen molar-refractivity contribution in [2.45, 2.75) is 24.6 Å². The zero-order valence-electron chi connectivity index (χ0n) is 12.7. The lowest BCUT2D eigenvalue weighted by molar-refractivity contribution is -0.336. The Balaban J connectivity index is 3.12. The molecule has 0 saturated heterocycles. The molecule has 1 aromatic rings. The monoisotopic (exact) mass is 371 g/mol. The van der Waals surface area contributed by atoms with Crippen LogP contribution in [0, 0.1) is 0 Å². The van der Waals surface area contributed by atoms with Crippen molar-refractivity contribution in [3.05, 3.63) is 48.0 Å². The van der Waals surface area contributed by atoms with Crippen molar-refractivity contribution in [3.8, 4) is 0 Å². The van der Waals surface area contributed by atoms with Gasteiger partial charge in [0.2, 0.25) is 0 Å². The van der Waals surface area contributed by atoms with Crippen molar-refractivity contribution in [2.75, 3.05) is 7.05 Å². The Bertz CT molecular complexity index is 663. The van der Waals surface area contributed by atoms with Gasteiger partial charge in [-0.3, -0.25) is 4.99 Å². The third kappa shape index (κ3) is 4.18. The maximum absolute atomic E-state index is 13.8. The quantitative estimate of drug-likeness (QED) is 0.326. The lowest BCUT2D eigenvalue weighted by atomic mass is 9.98. The van der Waals surface area contributed by atoms with Crippen LogP contribution in [0.15, 0.2) is 41.9 Å². The molecule has 0 aliphatic carbocycles. The Morgan fingerprint density at radius 2 is 1.64 bits per heavy atom. The number of ether oxygens (including phenoxy) is 1. The fraction of sp³-hybridized carbons (Fsp3) is 0.333. The minimum atomic E-state index is -6.45. The highest BCUT2D eigenvalue weighted by atomic mass is 19.4. The maximum Gasteiger partial charge on any atom is 0.460 e. The van der Waals surface area contributed by atoms with Crippen LogP contribution in [0.1, 0.15) is 11.1 Å². The molecule has 0 amide bonds. The van der Waals surface area contributed by atoms with Crippen LogP contribution < -0.4 is 0 Å². The van der Waals surface area contributed by atoms with Gasteiger partial charge < -0.3 is 4.74 Å². The van der Waals surface area contributed by atoms with E-state index >= 15 is 0 Å². The van der Waals surface area contributed by atoms with Crippen LogP contribution in [0.3, 0.4) is 0 Å². The van der Waals surface area contributed by atoms with Crippen molar-refractivity contribution >= 4 is 11.7 Å². The second kappa shape index (κ2) is 7.24. The predicted molar refractivity (Wildman–Crippen MR) is 74.8 cm³/mol. The largest absolute Gasteiger partial charge is 0.460 e. The number of hydrogen-bond acceptors (Lipinski definition) is 3. The van der Waals surface area contributed by atoms with Crippen molar-refractivity contribution < 1.29 is 40.3 Å². The van der Waals surface area contributed by atoms with Crippen LogP contribution in [0.5, 0.6) is 0 Å². The van der Waals surface area contributed by atoms with Crippen molar-refractivity contribution in [2.24, 2.45) is 4.99 Å². The summed E-state index contributed by atoms with van der Waals surface area (Å²) in [7, 11) is 0.676. The first-order chi connectivity index (χ1) is 11.4. The standard InChI is InChI=1S/C15H12F7NO2/c1-3-11(24)25-8-9-4-6-10(7-5-9)12(23-2)13(16,17)14(18,19)15(20,21)22/h3-7H,1,8H2,2H3/b23-12-. The van der Waals surface area contributed by atoms with E-state index in [1.165, 1.54) is 0 Å². The van der Waals surface area contributed by atoms with E-state index in [4.69, 9.17) is 0 Å². The van der Waals surface area contributed by atoms with Gasteiger partial charge in [0.15, 0.2) is 0 Å². The van der Waals surface area contributed by atoms with Crippen LogP contribution in [-0.4, -0.2) is 36.8 Å². The molecule has 0 aromatic heterocycles. The highest BCUT2D eigenvalue weighted by Crippen LogP contribution is 2.48. The van der Waals surface area contributed by atoms with Gasteiger partial charge >= 0.3 is 24.0 Å². The molecule has 0 aliphatic rings. The Hall–Kier alpha value is -2.39. The fourth-order valence-corrected chi connectivity index (χ4v) is 1.75. The van der Waals surface area contributed by atoms with E-state index in [9.17, 15) is 35.5 Å². The van der Waals surface area contributed by atoms with Gasteiger partial charge in [-0.2, -0.15) is 30.7 Å². The van der Waals surface area contributed by atoms with E-state index in [-0.39, 0.29) is 6.61 Å². The molecule has 1 rings (SSSR count). The first kappa shape index (κ1) is 20.7. The molecule has 25 heavy (non-hydrogen) atoms. The number of nitrogens with zero attached hydrogens (tertiary/aromatic N) is 1. The minimum absolute atomic E-state index is 0.265. The van der Waals surface area contributed by atoms with E-state index in [1.807, 2.05) is 0 Å². The molecule has 138 valence electrons. The molecule has 0 N–H and O–H groups in total. The molecule has 0 unspecified atom stereocenters. The Labute approximate surface area is 137 Å². The van der Waals surface area contributed by atoms with E-state index in [0.29, 0.717) is 12.6 Å². The summed E-state index contributed by atoms with van der Waals surface area (Å²) in [5.41, 5.74) is -2.06. The molecule has 0 bridgehead atoms. The molecule has 0 saturated carbocycles. The van der Waals surface area contributed by atoms with E-state index in [0.717, 1.165) is 30.3 Å². The van der Waals surface area contributed by atoms with Gasteiger partial charge in [0.25, 0.3) is 0 Å². The molecule has 0 fully saturated rings. The molecule has 10 heteroatoms. The maximum atomic E-state index is 13.8. The zero-order chi connectivity index (χ0) is 19.5. The predicted octanol–water partition coefficient (Wildman–Crippen LogP) is 4.17. The van der Waals surface area contributed by atoms with E-state index in [1.54, 1.807) is 0 Å². The van der Waals surface area contributed by atoms with Gasteiger partial charge in [0.05, 0.1) is 0 Å². The number of aliphatic imine (C=N–C) groups is 1. The second-order valence-electron chi connectivity index (χ2n) is 4.73. The molecule has 0 spiro atoms. The van der Waals surface area contributed by atoms with Crippen molar-refractivity contribution in [1.29, 1.82) is 0 Å². The normalized spacial score (nSPS) is 13.5. The van der Waals surface area contributed by atoms with Gasteiger partial charge in [0, 0.05) is 18.7 Å². The molecule has 0 radical (unpaired) electrons. The van der Waals surface area contributed by atoms with Gasteiger partial charge in [-0.05, 0) is 5.56 Å². The number of carbonyl (C=O) groups is 1. The number of alkyl halides is 7. The first-order valence-corrected chi connectivity index (χ1v) is 6.56. The molecular formula is C15H12F7NO2. The minimum Gasteiger partial charge on any atom is -0.458 e. The molecular weight excluding hydrogens is 359 g/mol. The second-order valence-corrected chi connectivity index (χ2v) is 4.73. The first-order valence-electron chi connectivity index (χ1n) is 6.56. The Kier molecular flexibility index (Phi) is 5.98. The van der Waals surface area contributed by atoms with Gasteiger partial charge in [0.1, 0.15) is 12.3 Å². The van der Waals surface area contributed by atoms with Crippen LogP contribution in [0.4, 0.5) is 30.7 Å². The number of esters is 1. The summed E-state index contributed by atoms with van der Waals surface area (Å²) >= 11 is 0. The Morgan fingerprint density at radius 1 is 1.12 bits per heavy atom. The summed E-state index contributed by atoms with van der Waals surface area (Å²) in [5.74, 6) is -12.6. The van der Waals surface area contributed by atoms with Crippen LogP contribution >= 0.6 is 0 Å². The third-order valence-corrected chi connectivity index (χ3v) is 3.05. The number of benzene rings is 1. The molecule has 0 aliphatic heterocycles. The number of carbonyl (C=O) groups excluding carboxylic acids is 1. The summed E-state index contributed by atoms with van der Waals surface area (Å²) in [6.07, 6.45) is -5.57. The summed E-state index contributed by atoms with van der Waals surface area (Å²) < 4.78 is 95.3. The summed E-state index contributed by atoms with van der Waals surface area (Å²) in [5, 5.41) is 0. The van der Waals surface area contributed by atoms with Gasteiger partial charge in [-0.25, -0.2) is 4.79 Å². The Morgan fingerprint density at radius 3 is 2.04 bits per heavy atom. The summed E-state index contributed by atoms with van der Waals surface area (Å²) in [4.78, 5) is 13.8. The van der Waals surface area contributed by atoms with E-state index in [2.05, 4.69) is 16.3 Å². The summed E-state index contributed by atoms with van der Waals surface area (Å²) in [6.45, 7) is 2.89. The molecule has 3 nitrogen and oxygen atoms in total. The fourth-order valence-electron chi connectivity index (χ4n) is 1.75. The number of hydrogen-bond donors (Lipinski definition) is 0. The summed E-state index contributed by atoms with van der Waals surface area (Å²) in [6, 6.07) is 4.00. The number of halogens is 7. The highest BCUT2D eigenvalue weighted by Gasteiger charge is 2.74. The lowest BCUT2D eigenvalue weighted by Gasteiger charge is -2.29. The van der Waals surface area contributed by atoms with Crippen LogP contribution in [0.2, 0.25) is 0 Å². The van der Waals surface area contributed by atoms with Crippen molar-refractivity contribution in [1.82, 2.24) is 0 Å². The molecule has 0 heterocycles. The SMILES string of the molecule is C=CC(=O)OCc1ccc(/C(=N/C)C(F)(F)C(F)(F)C(F)(F)F)cc1. The molecule has 1 aromatic carbocycles. The highest BCUT2D eigenvalue weighted by molar-refractivity contribution is 6.06. The number of rotatable bonds is 6. The average Bonchev–Trinajstić information content (AvgIpc) is 2.53. The smallest absolute Gasteiger partial charge is 0.458 e. The van der Waals surface area contributed by atoms with E-state index < -0.39 is 35.3 Å². The van der Waals surface area contributed by atoms with Gasteiger partial charge in [-0.1, -0.05) is 30.8 Å². The third-order valence-electron chi connectivity index (χ3n) is 3.05. The van der Waals surface area contributed by atoms with Crippen molar-refractivity contribution in [3.63, 3.8) is 0 Å². The van der Waals surface area contributed by atoms with Crippen LogP contribution in [0.25, 0.3) is 0 Å². The lowest BCUT2D eigenvalue weighted by Crippen LogP contribution is -2.56.